The molecule has 0 fully saturated rings. The second kappa shape index (κ2) is 4.85. The van der Waals surface area contributed by atoms with E-state index >= 15 is 0 Å². The molecule has 0 amide bonds. The van der Waals surface area contributed by atoms with Gasteiger partial charge in [-0.15, -0.1) is 11.3 Å². The van der Waals surface area contributed by atoms with E-state index < -0.39 is 0 Å². The predicted octanol–water partition coefficient (Wildman–Crippen LogP) is 2.75. The fourth-order valence-corrected chi connectivity index (χ4v) is 2.71. The van der Waals surface area contributed by atoms with Crippen LogP contribution in [0.4, 0.5) is 0 Å². The summed E-state index contributed by atoms with van der Waals surface area (Å²) in [6.45, 7) is 3.02. The Balaban J connectivity index is 1.99. The number of fused-ring (bicyclic) bond motifs is 1. The van der Waals surface area contributed by atoms with Crippen molar-refractivity contribution in [1.82, 2.24) is 14.0 Å². The van der Waals surface area contributed by atoms with E-state index in [0.717, 1.165) is 17.2 Å². The van der Waals surface area contributed by atoms with Gasteiger partial charge in [-0.1, -0.05) is 0 Å². The predicted molar refractivity (Wildman–Crippen MR) is 78.4 cm³/mol. The molecular formula is C14H13N3OS. The highest BCUT2D eigenvalue weighted by Gasteiger charge is 2.01. The van der Waals surface area contributed by atoms with Gasteiger partial charge in [0.1, 0.15) is 0 Å². The lowest BCUT2D eigenvalue weighted by atomic mass is 10.3. The minimum Gasteiger partial charge on any atom is -0.348 e. The van der Waals surface area contributed by atoms with Crippen LogP contribution in [-0.4, -0.2) is 14.0 Å². The van der Waals surface area contributed by atoms with Crippen molar-refractivity contribution >= 4 is 28.4 Å². The molecule has 0 bridgehead atoms. The molecule has 3 aromatic rings. The summed E-state index contributed by atoms with van der Waals surface area (Å²) in [5.41, 5.74) is 1.75. The molecule has 0 aliphatic carbocycles. The third-order valence-electron chi connectivity index (χ3n) is 2.95. The van der Waals surface area contributed by atoms with Gasteiger partial charge in [0.25, 0.3) is 5.56 Å². The van der Waals surface area contributed by atoms with Gasteiger partial charge in [0.15, 0.2) is 4.96 Å². The van der Waals surface area contributed by atoms with Crippen molar-refractivity contribution in [2.24, 2.45) is 0 Å². The van der Waals surface area contributed by atoms with Crippen LogP contribution in [0.25, 0.3) is 17.1 Å². The van der Waals surface area contributed by atoms with Gasteiger partial charge in [-0.05, 0) is 31.2 Å². The van der Waals surface area contributed by atoms with Crippen molar-refractivity contribution in [3.8, 4) is 0 Å². The monoisotopic (exact) mass is 271 g/mol. The van der Waals surface area contributed by atoms with E-state index in [0.29, 0.717) is 5.69 Å². The molecule has 5 heteroatoms. The minimum absolute atomic E-state index is 0.0447. The second-order valence-corrected chi connectivity index (χ2v) is 5.00. The van der Waals surface area contributed by atoms with Crippen LogP contribution in [0.5, 0.6) is 0 Å². The maximum atomic E-state index is 11.8. The molecule has 4 nitrogen and oxygen atoms in total. The molecule has 0 N–H and O–H groups in total. The Labute approximate surface area is 114 Å². The highest BCUT2D eigenvalue weighted by molar-refractivity contribution is 7.15. The number of hydrogen-bond donors (Lipinski definition) is 0. The maximum Gasteiger partial charge on any atom is 0.259 e. The van der Waals surface area contributed by atoms with Crippen molar-refractivity contribution in [2.45, 2.75) is 13.5 Å². The molecule has 96 valence electrons. The van der Waals surface area contributed by atoms with E-state index in [2.05, 4.69) is 16.5 Å². The number of thiazole rings is 1. The quantitative estimate of drug-likeness (QED) is 0.734. The lowest BCUT2D eigenvalue weighted by molar-refractivity contribution is 0.762. The maximum absolute atomic E-state index is 11.8. The zero-order valence-electron chi connectivity index (χ0n) is 10.5. The van der Waals surface area contributed by atoms with Gasteiger partial charge in [0, 0.05) is 36.1 Å². The molecule has 3 rings (SSSR count). The molecule has 3 heterocycles. The second-order valence-electron chi connectivity index (χ2n) is 4.13. The molecule has 3 aromatic heterocycles. The first-order valence-corrected chi connectivity index (χ1v) is 6.96. The topological polar surface area (TPSA) is 39.3 Å². The van der Waals surface area contributed by atoms with Gasteiger partial charge in [-0.3, -0.25) is 9.20 Å². The van der Waals surface area contributed by atoms with Crippen molar-refractivity contribution in [3.63, 3.8) is 0 Å². The molecule has 0 spiro atoms. The van der Waals surface area contributed by atoms with Crippen LogP contribution in [0.15, 0.2) is 40.8 Å². The summed E-state index contributed by atoms with van der Waals surface area (Å²) in [7, 11) is 0. The molecule has 0 saturated heterocycles. The summed E-state index contributed by atoms with van der Waals surface area (Å²) in [5, 5.41) is 1.86. The highest BCUT2D eigenvalue weighted by atomic mass is 32.1. The Hall–Kier alpha value is -2.14. The lowest BCUT2D eigenvalue weighted by Gasteiger charge is -2.00. The van der Waals surface area contributed by atoms with E-state index in [-0.39, 0.29) is 5.56 Å². The standard InChI is InChI=1S/C14H13N3OS/c1-2-16-7-3-4-12(16)6-5-11-10-13(18)17-8-9-19-14(17)15-11/h3-10H,2H2,1H3. The zero-order chi connectivity index (χ0) is 13.2. The van der Waals surface area contributed by atoms with Crippen molar-refractivity contribution in [1.29, 1.82) is 0 Å². The fraction of sp³-hybridized carbons (Fsp3) is 0.143. The summed E-state index contributed by atoms with van der Waals surface area (Å²) in [6, 6.07) is 5.60. The van der Waals surface area contributed by atoms with Gasteiger partial charge >= 0.3 is 0 Å². The van der Waals surface area contributed by atoms with E-state index in [1.54, 1.807) is 16.7 Å². The van der Waals surface area contributed by atoms with Gasteiger partial charge in [0.2, 0.25) is 0 Å². The first kappa shape index (κ1) is 11.9. The summed E-state index contributed by atoms with van der Waals surface area (Å²) < 4.78 is 3.68. The fourth-order valence-electron chi connectivity index (χ4n) is 1.98. The van der Waals surface area contributed by atoms with Gasteiger partial charge in [0.05, 0.1) is 5.69 Å². The Morgan fingerprint density at radius 2 is 2.26 bits per heavy atom. The first-order chi connectivity index (χ1) is 9.28. The largest absolute Gasteiger partial charge is 0.348 e. The van der Waals surface area contributed by atoms with Crippen molar-refractivity contribution < 1.29 is 0 Å². The Bertz CT molecular complexity index is 794. The third kappa shape index (κ3) is 2.24. The number of nitrogens with zero attached hydrogens (tertiary/aromatic N) is 3. The van der Waals surface area contributed by atoms with E-state index in [1.165, 1.54) is 11.3 Å². The highest BCUT2D eigenvalue weighted by Crippen LogP contribution is 2.10. The van der Waals surface area contributed by atoms with Gasteiger partial charge < -0.3 is 4.57 Å². The zero-order valence-corrected chi connectivity index (χ0v) is 11.3. The molecule has 0 aromatic carbocycles. The third-order valence-corrected chi connectivity index (χ3v) is 3.71. The molecule has 0 radical (unpaired) electrons. The minimum atomic E-state index is -0.0447. The lowest BCUT2D eigenvalue weighted by Crippen LogP contribution is -2.11. The van der Waals surface area contributed by atoms with Crippen LogP contribution < -0.4 is 5.56 Å². The smallest absolute Gasteiger partial charge is 0.259 e. The molecule has 0 atom stereocenters. The Morgan fingerprint density at radius 3 is 3.11 bits per heavy atom. The van der Waals surface area contributed by atoms with Crippen LogP contribution in [-0.2, 0) is 6.54 Å². The SMILES string of the molecule is CCn1cccc1C=Cc1cc(=O)n2ccsc2n1. The molecular weight excluding hydrogens is 258 g/mol. The van der Waals surface area contributed by atoms with E-state index in [9.17, 15) is 4.79 Å². The number of aromatic nitrogens is 3. The van der Waals surface area contributed by atoms with Gasteiger partial charge in [-0.2, -0.15) is 0 Å². The van der Waals surface area contributed by atoms with Crippen LogP contribution in [0.2, 0.25) is 0 Å². The number of hydrogen-bond acceptors (Lipinski definition) is 3. The normalized spacial score (nSPS) is 11.6. The molecule has 0 aliphatic heterocycles. The number of rotatable bonds is 3. The Kier molecular flexibility index (Phi) is 3.05. The molecule has 0 aliphatic rings. The Morgan fingerprint density at radius 1 is 1.37 bits per heavy atom. The first-order valence-electron chi connectivity index (χ1n) is 6.08. The summed E-state index contributed by atoms with van der Waals surface area (Å²) >= 11 is 1.46. The summed E-state index contributed by atoms with van der Waals surface area (Å²) in [4.78, 5) is 17.0. The summed E-state index contributed by atoms with van der Waals surface area (Å²) in [6.07, 6.45) is 7.63. The van der Waals surface area contributed by atoms with Crippen LogP contribution in [0, 0.1) is 0 Å². The molecule has 19 heavy (non-hydrogen) atoms. The van der Waals surface area contributed by atoms with Crippen LogP contribution in [0.3, 0.4) is 0 Å². The number of aryl methyl sites for hydroxylation is 1. The van der Waals surface area contributed by atoms with Crippen molar-refractivity contribution in [3.05, 3.63) is 57.7 Å². The average Bonchev–Trinajstić information content (AvgIpc) is 3.04. The van der Waals surface area contributed by atoms with Crippen molar-refractivity contribution in [2.75, 3.05) is 0 Å². The van der Waals surface area contributed by atoms with E-state index in [4.69, 9.17) is 0 Å². The van der Waals surface area contributed by atoms with Crippen LogP contribution >= 0.6 is 11.3 Å². The average molecular weight is 271 g/mol. The van der Waals surface area contributed by atoms with Crippen LogP contribution in [0.1, 0.15) is 18.3 Å². The van der Waals surface area contributed by atoms with E-state index in [1.807, 2.05) is 35.9 Å². The summed E-state index contributed by atoms with van der Waals surface area (Å²) in [5.74, 6) is 0. The van der Waals surface area contributed by atoms with Gasteiger partial charge in [-0.25, -0.2) is 4.98 Å². The molecule has 0 unspecified atom stereocenters. The molecule has 0 saturated carbocycles.